The number of anilines is 1. The third-order valence-corrected chi connectivity index (χ3v) is 1.75. The summed E-state index contributed by atoms with van der Waals surface area (Å²) in [7, 11) is 0. The Bertz CT molecular complexity index is 393. The molecule has 1 aromatic heterocycles. The maximum absolute atomic E-state index is 11.2. The quantitative estimate of drug-likeness (QED) is 0.717. The minimum absolute atomic E-state index is 0.103. The molecule has 0 bridgehead atoms. The van der Waals surface area contributed by atoms with Crippen molar-refractivity contribution in [2.45, 2.75) is 13.3 Å². The molecule has 0 saturated heterocycles. The van der Waals surface area contributed by atoms with Gasteiger partial charge in [-0.3, -0.25) is 5.32 Å². The number of carbonyl (C=O) groups excluding carboxylic acids is 1. The molecule has 6 nitrogen and oxygen atoms in total. The van der Waals surface area contributed by atoms with Crippen molar-refractivity contribution in [1.29, 1.82) is 0 Å². The normalized spacial score (nSPS) is 9.56. The molecule has 0 radical (unpaired) electrons. The van der Waals surface area contributed by atoms with Gasteiger partial charge in [-0.2, -0.15) is 0 Å². The van der Waals surface area contributed by atoms with Crippen LogP contribution in [-0.4, -0.2) is 28.6 Å². The molecule has 2 amide bonds. The van der Waals surface area contributed by atoms with Crippen molar-refractivity contribution >= 4 is 17.8 Å². The molecule has 0 saturated carbocycles. The molecule has 1 rings (SSSR count). The monoisotopic (exact) mass is 223 g/mol. The summed E-state index contributed by atoms with van der Waals surface area (Å²) in [5.74, 6) is -0.911. The van der Waals surface area contributed by atoms with Gasteiger partial charge in [0.15, 0.2) is 5.69 Å². The molecule has 0 spiro atoms. The summed E-state index contributed by atoms with van der Waals surface area (Å²) in [5, 5.41) is 13.7. The summed E-state index contributed by atoms with van der Waals surface area (Å²) in [4.78, 5) is 25.6. The fraction of sp³-hybridized carbons (Fsp3) is 0.300. The number of aromatic nitrogens is 1. The summed E-state index contributed by atoms with van der Waals surface area (Å²) in [6.07, 6.45) is 0.829. The van der Waals surface area contributed by atoms with Crippen LogP contribution in [-0.2, 0) is 0 Å². The van der Waals surface area contributed by atoms with E-state index in [0.29, 0.717) is 6.54 Å². The van der Waals surface area contributed by atoms with Crippen LogP contribution in [0.25, 0.3) is 0 Å². The molecule has 0 aromatic carbocycles. The van der Waals surface area contributed by atoms with E-state index in [-0.39, 0.29) is 11.5 Å². The zero-order valence-corrected chi connectivity index (χ0v) is 8.86. The highest BCUT2D eigenvalue weighted by Gasteiger charge is 2.06. The smallest absolute Gasteiger partial charge is 0.354 e. The van der Waals surface area contributed by atoms with Crippen LogP contribution in [0.5, 0.6) is 0 Å². The molecule has 1 aromatic rings. The lowest BCUT2D eigenvalue weighted by molar-refractivity contribution is 0.0690. The van der Waals surface area contributed by atoms with Gasteiger partial charge in [0.2, 0.25) is 0 Å². The number of carboxylic acids is 1. The van der Waals surface area contributed by atoms with Crippen molar-refractivity contribution in [2.24, 2.45) is 0 Å². The molecular formula is C10H13N3O3. The van der Waals surface area contributed by atoms with E-state index in [1.807, 2.05) is 6.92 Å². The largest absolute Gasteiger partial charge is 0.477 e. The van der Waals surface area contributed by atoms with Gasteiger partial charge in [-0.05, 0) is 18.6 Å². The van der Waals surface area contributed by atoms with E-state index in [1.54, 1.807) is 0 Å². The molecular weight excluding hydrogens is 210 g/mol. The lowest BCUT2D eigenvalue weighted by Crippen LogP contribution is -2.29. The Morgan fingerprint density at radius 3 is 2.81 bits per heavy atom. The highest BCUT2D eigenvalue weighted by Crippen LogP contribution is 2.04. The summed E-state index contributed by atoms with van der Waals surface area (Å²) in [6.45, 7) is 2.49. The Morgan fingerprint density at radius 2 is 2.19 bits per heavy atom. The number of carboxylic acid groups (broad SMARTS) is 1. The number of urea groups is 1. The van der Waals surface area contributed by atoms with Crippen LogP contribution >= 0.6 is 0 Å². The molecule has 0 aliphatic rings. The van der Waals surface area contributed by atoms with Gasteiger partial charge in [0.25, 0.3) is 0 Å². The van der Waals surface area contributed by atoms with Crippen LogP contribution in [0.1, 0.15) is 23.8 Å². The van der Waals surface area contributed by atoms with Crippen LogP contribution in [0.4, 0.5) is 10.6 Å². The van der Waals surface area contributed by atoms with Gasteiger partial charge in [-0.1, -0.05) is 13.0 Å². The fourth-order valence-corrected chi connectivity index (χ4v) is 1.02. The first-order valence-corrected chi connectivity index (χ1v) is 4.88. The van der Waals surface area contributed by atoms with Crippen LogP contribution in [0.3, 0.4) is 0 Å². The first kappa shape index (κ1) is 12.0. The first-order chi connectivity index (χ1) is 7.63. The highest BCUT2D eigenvalue weighted by atomic mass is 16.4. The minimum atomic E-state index is -1.13. The molecule has 1 heterocycles. The minimum Gasteiger partial charge on any atom is -0.477 e. The number of hydrogen-bond acceptors (Lipinski definition) is 3. The van der Waals surface area contributed by atoms with E-state index in [4.69, 9.17) is 5.11 Å². The summed E-state index contributed by atoms with van der Waals surface area (Å²) < 4.78 is 0. The molecule has 86 valence electrons. The fourth-order valence-electron chi connectivity index (χ4n) is 1.02. The molecule has 6 heteroatoms. The van der Waals surface area contributed by atoms with Crippen LogP contribution in [0.15, 0.2) is 18.2 Å². The van der Waals surface area contributed by atoms with Gasteiger partial charge in [-0.25, -0.2) is 14.6 Å². The van der Waals surface area contributed by atoms with Crippen LogP contribution < -0.4 is 10.6 Å². The number of nitrogens with one attached hydrogen (secondary N) is 2. The second kappa shape index (κ2) is 5.69. The maximum atomic E-state index is 11.2. The molecule has 0 aliphatic carbocycles. The average molecular weight is 223 g/mol. The zero-order chi connectivity index (χ0) is 12.0. The molecule has 0 aliphatic heterocycles. The van der Waals surface area contributed by atoms with Crippen molar-refractivity contribution in [3.8, 4) is 0 Å². The Hall–Kier alpha value is -2.11. The van der Waals surface area contributed by atoms with Gasteiger partial charge in [0.05, 0.1) is 0 Å². The second-order valence-electron chi connectivity index (χ2n) is 3.09. The lowest BCUT2D eigenvalue weighted by atomic mass is 10.3. The third kappa shape index (κ3) is 3.56. The second-order valence-corrected chi connectivity index (χ2v) is 3.09. The number of pyridine rings is 1. The molecule has 16 heavy (non-hydrogen) atoms. The topological polar surface area (TPSA) is 91.3 Å². The predicted octanol–water partition coefficient (Wildman–Crippen LogP) is 1.31. The number of aromatic carboxylic acids is 1. The standard InChI is InChI=1S/C10H13N3O3/c1-2-6-11-10(16)13-8-5-3-4-7(12-8)9(14)15/h3-5H,2,6H2,1H3,(H,14,15)(H2,11,12,13,16). The number of rotatable bonds is 4. The predicted molar refractivity (Wildman–Crippen MR) is 58.5 cm³/mol. The van der Waals surface area contributed by atoms with Gasteiger partial charge < -0.3 is 10.4 Å². The van der Waals surface area contributed by atoms with E-state index in [1.165, 1.54) is 18.2 Å². The van der Waals surface area contributed by atoms with Crippen LogP contribution in [0, 0.1) is 0 Å². The van der Waals surface area contributed by atoms with Crippen molar-refractivity contribution in [3.05, 3.63) is 23.9 Å². The van der Waals surface area contributed by atoms with E-state index >= 15 is 0 Å². The van der Waals surface area contributed by atoms with Gasteiger partial charge in [0.1, 0.15) is 5.82 Å². The van der Waals surface area contributed by atoms with Gasteiger partial charge in [0, 0.05) is 6.54 Å². The SMILES string of the molecule is CCCNC(=O)Nc1cccc(C(=O)O)n1. The summed E-state index contributed by atoms with van der Waals surface area (Å²) >= 11 is 0. The Balaban J connectivity index is 2.63. The van der Waals surface area contributed by atoms with Crippen molar-refractivity contribution in [1.82, 2.24) is 10.3 Å². The molecule has 0 fully saturated rings. The van der Waals surface area contributed by atoms with Gasteiger partial charge in [-0.15, -0.1) is 0 Å². The number of amides is 2. The number of nitrogens with zero attached hydrogens (tertiary/aromatic N) is 1. The molecule has 0 atom stereocenters. The number of carbonyl (C=O) groups is 2. The lowest BCUT2D eigenvalue weighted by Gasteiger charge is -2.05. The van der Waals surface area contributed by atoms with E-state index in [9.17, 15) is 9.59 Å². The summed E-state index contributed by atoms with van der Waals surface area (Å²) in [5.41, 5.74) is -0.103. The Morgan fingerprint density at radius 1 is 1.44 bits per heavy atom. The van der Waals surface area contributed by atoms with Crippen molar-refractivity contribution in [3.63, 3.8) is 0 Å². The Kier molecular flexibility index (Phi) is 4.26. The van der Waals surface area contributed by atoms with E-state index in [2.05, 4.69) is 15.6 Å². The van der Waals surface area contributed by atoms with Crippen LogP contribution in [0.2, 0.25) is 0 Å². The average Bonchev–Trinajstić information content (AvgIpc) is 2.26. The Labute approximate surface area is 92.7 Å². The zero-order valence-electron chi connectivity index (χ0n) is 8.86. The molecule has 3 N–H and O–H groups in total. The number of hydrogen-bond donors (Lipinski definition) is 3. The highest BCUT2D eigenvalue weighted by molar-refractivity contribution is 5.90. The summed E-state index contributed by atoms with van der Waals surface area (Å²) in [6, 6.07) is 4.01. The molecule has 0 unspecified atom stereocenters. The third-order valence-electron chi connectivity index (χ3n) is 1.75. The van der Waals surface area contributed by atoms with Crippen molar-refractivity contribution in [2.75, 3.05) is 11.9 Å². The van der Waals surface area contributed by atoms with E-state index < -0.39 is 12.0 Å². The van der Waals surface area contributed by atoms with Crippen molar-refractivity contribution < 1.29 is 14.7 Å². The van der Waals surface area contributed by atoms with Gasteiger partial charge >= 0.3 is 12.0 Å². The van der Waals surface area contributed by atoms with E-state index in [0.717, 1.165) is 6.42 Å². The maximum Gasteiger partial charge on any atom is 0.354 e. The first-order valence-electron chi connectivity index (χ1n) is 4.88.